The maximum absolute atomic E-state index is 13.7. The summed E-state index contributed by atoms with van der Waals surface area (Å²) in [6.07, 6.45) is 2.41. The van der Waals surface area contributed by atoms with E-state index in [1.54, 1.807) is 6.07 Å². The number of rotatable bonds is 2. The molecule has 2 atom stereocenters. The van der Waals surface area contributed by atoms with Gasteiger partial charge in [0.1, 0.15) is 11.8 Å². The van der Waals surface area contributed by atoms with Crippen molar-refractivity contribution in [1.29, 1.82) is 0 Å². The highest BCUT2D eigenvalue weighted by atomic mass is 35.5. The van der Waals surface area contributed by atoms with Gasteiger partial charge < -0.3 is 15.1 Å². The number of nitrogens with one attached hydrogen (secondary N) is 2. The molecule has 2 heterocycles. The first kappa shape index (κ1) is 21.7. The molecule has 1 aliphatic heterocycles. The topological polar surface area (TPSA) is 71.3 Å². The van der Waals surface area contributed by atoms with Crippen molar-refractivity contribution in [3.8, 4) is 0 Å². The van der Waals surface area contributed by atoms with Gasteiger partial charge in [-0.05, 0) is 55.2 Å². The van der Waals surface area contributed by atoms with E-state index < -0.39 is 6.04 Å². The number of allylic oxidation sites excluding steroid dienone is 1. The number of halogens is 1. The Bertz CT molecular complexity index is 1590. The summed E-state index contributed by atoms with van der Waals surface area (Å²) in [4.78, 5) is 27.4. The van der Waals surface area contributed by atoms with Gasteiger partial charge in [-0.2, -0.15) is 0 Å². The molecule has 6 rings (SSSR count). The summed E-state index contributed by atoms with van der Waals surface area (Å²) in [5.74, 6) is -0.0678. The SMILES string of the molecule is Cc1ccc2occ(C3Nc4ccccc4NC4=C3C(=O)CC(c3ccccc3Cl)C4)c(=O)c2c1. The zero-order chi connectivity index (χ0) is 24.1. The molecule has 0 spiro atoms. The van der Waals surface area contributed by atoms with Crippen molar-refractivity contribution in [2.75, 3.05) is 10.6 Å². The molecule has 1 aromatic heterocycles. The summed E-state index contributed by atoms with van der Waals surface area (Å²) >= 11 is 6.49. The number of fused-ring (bicyclic) bond motifs is 2. The molecule has 0 saturated heterocycles. The summed E-state index contributed by atoms with van der Waals surface area (Å²) in [5.41, 5.74) is 5.78. The van der Waals surface area contributed by atoms with E-state index >= 15 is 0 Å². The Labute approximate surface area is 207 Å². The number of aryl methyl sites for hydroxylation is 1. The highest BCUT2D eigenvalue weighted by molar-refractivity contribution is 6.31. The van der Waals surface area contributed by atoms with Gasteiger partial charge in [-0.1, -0.05) is 53.6 Å². The molecule has 35 heavy (non-hydrogen) atoms. The summed E-state index contributed by atoms with van der Waals surface area (Å²) in [5, 5.41) is 8.13. The monoisotopic (exact) mass is 482 g/mol. The average Bonchev–Trinajstić information content (AvgIpc) is 3.02. The van der Waals surface area contributed by atoms with Gasteiger partial charge in [0.15, 0.2) is 11.2 Å². The Morgan fingerprint density at radius 3 is 2.51 bits per heavy atom. The largest absolute Gasteiger partial charge is 0.464 e. The van der Waals surface area contributed by atoms with Crippen molar-refractivity contribution < 1.29 is 9.21 Å². The van der Waals surface area contributed by atoms with E-state index in [1.807, 2.05) is 67.6 Å². The smallest absolute Gasteiger partial charge is 0.198 e. The van der Waals surface area contributed by atoms with Crippen LogP contribution in [0.1, 0.15) is 41.5 Å². The van der Waals surface area contributed by atoms with E-state index in [0.29, 0.717) is 40.0 Å². The van der Waals surface area contributed by atoms with Gasteiger partial charge in [-0.25, -0.2) is 0 Å². The van der Waals surface area contributed by atoms with Crippen molar-refractivity contribution in [2.45, 2.75) is 31.7 Å². The van der Waals surface area contributed by atoms with E-state index in [1.165, 1.54) is 6.26 Å². The molecule has 2 aliphatic rings. The number of hydrogen-bond acceptors (Lipinski definition) is 5. The van der Waals surface area contributed by atoms with Crippen molar-refractivity contribution >= 4 is 39.7 Å². The summed E-state index contributed by atoms with van der Waals surface area (Å²) in [6, 6.07) is 20.4. The van der Waals surface area contributed by atoms with Gasteiger partial charge in [-0.3, -0.25) is 9.59 Å². The second-order valence-electron chi connectivity index (χ2n) is 9.21. The first-order valence-electron chi connectivity index (χ1n) is 11.6. The Kier molecular flexibility index (Phi) is 5.23. The number of hydrogen-bond donors (Lipinski definition) is 2. The number of carbonyl (C=O) groups is 1. The van der Waals surface area contributed by atoms with E-state index in [0.717, 1.165) is 28.2 Å². The molecular formula is C29H23ClN2O3. The van der Waals surface area contributed by atoms with E-state index in [4.69, 9.17) is 16.0 Å². The molecule has 0 fully saturated rings. The molecule has 0 bridgehead atoms. The van der Waals surface area contributed by atoms with Crippen LogP contribution in [0.2, 0.25) is 5.02 Å². The zero-order valence-electron chi connectivity index (χ0n) is 19.1. The van der Waals surface area contributed by atoms with Gasteiger partial charge >= 0.3 is 0 Å². The predicted molar refractivity (Wildman–Crippen MR) is 139 cm³/mol. The van der Waals surface area contributed by atoms with Crippen LogP contribution in [0.3, 0.4) is 0 Å². The summed E-state index contributed by atoms with van der Waals surface area (Å²) in [6.45, 7) is 1.94. The minimum Gasteiger partial charge on any atom is -0.464 e. The van der Waals surface area contributed by atoms with Crippen LogP contribution in [0.25, 0.3) is 11.0 Å². The normalized spacial score (nSPS) is 19.4. The van der Waals surface area contributed by atoms with Crippen LogP contribution in [-0.4, -0.2) is 5.78 Å². The van der Waals surface area contributed by atoms with Crippen LogP contribution in [0, 0.1) is 6.92 Å². The van der Waals surface area contributed by atoms with Gasteiger partial charge in [0.05, 0.1) is 28.4 Å². The Morgan fingerprint density at radius 2 is 1.69 bits per heavy atom. The lowest BCUT2D eigenvalue weighted by Crippen LogP contribution is -2.29. The highest BCUT2D eigenvalue weighted by Gasteiger charge is 2.37. The van der Waals surface area contributed by atoms with Crippen LogP contribution >= 0.6 is 11.6 Å². The molecule has 4 aromatic rings. The number of anilines is 2. The molecule has 5 nitrogen and oxygen atoms in total. The number of ketones is 1. The van der Waals surface area contributed by atoms with Gasteiger partial charge in [0.25, 0.3) is 0 Å². The molecule has 2 unspecified atom stereocenters. The minimum atomic E-state index is -0.637. The minimum absolute atomic E-state index is 0.0160. The van der Waals surface area contributed by atoms with Crippen LogP contribution in [0.15, 0.2) is 93.5 Å². The third-order valence-electron chi connectivity index (χ3n) is 6.92. The van der Waals surface area contributed by atoms with Crippen LogP contribution < -0.4 is 16.1 Å². The maximum atomic E-state index is 13.7. The Hall–Kier alpha value is -3.83. The predicted octanol–water partition coefficient (Wildman–Crippen LogP) is 6.73. The van der Waals surface area contributed by atoms with Crippen molar-refractivity contribution in [3.63, 3.8) is 0 Å². The molecule has 174 valence electrons. The van der Waals surface area contributed by atoms with Crippen molar-refractivity contribution in [1.82, 2.24) is 0 Å². The van der Waals surface area contributed by atoms with Gasteiger partial charge in [0, 0.05) is 22.7 Å². The lowest BCUT2D eigenvalue weighted by atomic mass is 9.78. The molecule has 0 amide bonds. The molecule has 0 saturated carbocycles. The van der Waals surface area contributed by atoms with Crippen LogP contribution in [0.4, 0.5) is 11.4 Å². The lowest BCUT2D eigenvalue weighted by Gasteiger charge is -2.30. The second kappa shape index (κ2) is 8.43. The summed E-state index contributed by atoms with van der Waals surface area (Å²) < 4.78 is 5.87. The van der Waals surface area contributed by atoms with E-state index in [-0.39, 0.29) is 17.1 Å². The van der Waals surface area contributed by atoms with Crippen LogP contribution in [0.5, 0.6) is 0 Å². The number of para-hydroxylation sites is 2. The Balaban J connectivity index is 1.53. The standard InChI is InChI=1S/C29H23ClN2O3/c1-16-10-11-26-19(12-16)29(34)20(15-35-26)28-27-24(31-22-8-4-5-9-23(22)32-28)13-17(14-25(27)33)18-6-2-3-7-21(18)30/h2-12,15,17,28,31-32H,13-14H2,1H3. The summed E-state index contributed by atoms with van der Waals surface area (Å²) in [7, 11) is 0. The third kappa shape index (κ3) is 3.72. The van der Waals surface area contributed by atoms with E-state index in [9.17, 15) is 9.59 Å². The molecule has 0 radical (unpaired) electrons. The van der Waals surface area contributed by atoms with Crippen molar-refractivity contribution in [3.05, 3.63) is 116 Å². The highest BCUT2D eigenvalue weighted by Crippen LogP contribution is 2.44. The zero-order valence-corrected chi connectivity index (χ0v) is 19.9. The average molecular weight is 483 g/mol. The molecule has 3 aromatic carbocycles. The number of Topliss-reactive ketones (excluding diaryl/α,β-unsaturated/α-hetero) is 1. The first-order chi connectivity index (χ1) is 17.0. The number of carbonyl (C=O) groups excluding carboxylic acids is 1. The van der Waals surface area contributed by atoms with Gasteiger partial charge in [0.2, 0.25) is 0 Å². The van der Waals surface area contributed by atoms with Gasteiger partial charge in [-0.15, -0.1) is 0 Å². The Morgan fingerprint density at radius 1 is 0.914 bits per heavy atom. The van der Waals surface area contributed by atoms with Crippen molar-refractivity contribution in [2.24, 2.45) is 0 Å². The maximum Gasteiger partial charge on any atom is 0.198 e. The molecule has 2 N–H and O–H groups in total. The van der Waals surface area contributed by atoms with Crippen LogP contribution in [-0.2, 0) is 4.79 Å². The fourth-order valence-electron chi connectivity index (χ4n) is 5.21. The second-order valence-corrected chi connectivity index (χ2v) is 9.62. The first-order valence-corrected chi connectivity index (χ1v) is 12.0. The fraction of sp³-hybridized carbons (Fsp3) is 0.172. The number of benzene rings is 3. The molecular weight excluding hydrogens is 460 g/mol. The molecule has 6 heteroatoms. The lowest BCUT2D eigenvalue weighted by molar-refractivity contribution is -0.116. The molecule has 1 aliphatic carbocycles. The quantitative estimate of drug-likeness (QED) is 0.331. The fourth-order valence-corrected chi connectivity index (χ4v) is 5.50. The third-order valence-corrected chi connectivity index (χ3v) is 7.26. The van der Waals surface area contributed by atoms with E-state index in [2.05, 4.69) is 10.6 Å².